The molecule has 1 N–H and O–H groups in total. The van der Waals surface area contributed by atoms with Crippen LogP contribution in [0.4, 0.5) is 4.39 Å². The second-order valence-electron chi connectivity index (χ2n) is 7.34. The Morgan fingerprint density at radius 3 is 2.72 bits per heavy atom. The third-order valence-electron chi connectivity index (χ3n) is 5.53. The number of halogens is 3. The average molecular weight is 440 g/mol. The number of benzene rings is 2. The summed E-state index contributed by atoms with van der Waals surface area (Å²) in [4.78, 5) is 13.8. The Hall–Kier alpha value is -1.86. The van der Waals surface area contributed by atoms with Crippen molar-refractivity contribution in [3.05, 3.63) is 62.9 Å². The molecule has 0 bridgehead atoms. The molecule has 4 rings (SSSR count). The van der Waals surface area contributed by atoms with Gasteiger partial charge in [-0.1, -0.05) is 23.2 Å². The first-order chi connectivity index (χ1) is 13.9. The molecule has 1 saturated heterocycles. The molecule has 2 aromatic rings. The Labute approximate surface area is 177 Å². The number of carbonyl (C=O) groups excluding carboxylic acids is 1. The van der Waals surface area contributed by atoms with Crippen LogP contribution in [0.15, 0.2) is 30.3 Å². The molecule has 0 radical (unpaired) electrons. The zero-order chi connectivity index (χ0) is 20.7. The number of hydrogen-bond donors (Lipinski definition) is 1. The minimum atomic E-state index is -0.658. The number of hydrogen-bond acceptors (Lipinski definition) is 5. The van der Waals surface area contributed by atoms with Gasteiger partial charge in [-0.3, -0.25) is 4.90 Å². The standard InChI is InChI=1S/C21H20Cl2FNO4/c1-28-21(27)11-2-3-19(17(24)6-11)29-20-15-7-12(22)8-16(23)14(15)9-18(20)25-5-4-13(26)10-25/h2-3,6-8,13,18,20,26H,4-5,9-10H2,1H3/t13-,18-,20+/m1/s1. The highest BCUT2D eigenvalue weighted by molar-refractivity contribution is 6.35. The fourth-order valence-electron chi connectivity index (χ4n) is 4.13. The molecule has 0 amide bonds. The van der Waals surface area contributed by atoms with Crippen molar-refractivity contribution >= 4 is 29.2 Å². The highest BCUT2D eigenvalue weighted by atomic mass is 35.5. The molecular formula is C21H20Cl2FNO4. The summed E-state index contributed by atoms with van der Waals surface area (Å²) < 4.78 is 25.4. The zero-order valence-electron chi connectivity index (χ0n) is 15.7. The van der Waals surface area contributed by atoms with Crippen molar-refractivity contribution in [3.63, 3.8) is 0 Å². The monoisotopic (exact) mass is 439 g/mol. The topological polar surface area (TPSA) is 59.0 Å². The predicted molar refractivity (Wildman–Crippen MR) is 107 cm³/mol. The van der Waals surface area contributed by atoms with E-state index in [1.807, 2.05) is 0 Å². The van der Waals surface area contributed by atoms with Gasteiger partial charge in [-0.15, -0.1) is 0 Å². The molecular weight excluding hydrogens is 420 g/mol. The van der Waals surface area contributed by atoms with Crippen LogP contribution in [-0.4, -0.2) is 48.3 Å². The molecule has 1 aliphatic carbocycles. The molecule has 8 heteroatoms. The van der Waals surface area contributed by atoms with Crippen molar-refractivity contribution in [1.29, 1.82) is 0 Å². The van der Waals surface area contributed by atoms with Gasteiger partial charge in [-0.05, 0) is 48.7 Å². The zero-order valence-corrected chi connectivity index (χ0v) is 17.2. The van der Waals surface area contributed by atoms with Crippen molar-refractivity contribution in [3.8, 4) is 5.75 Å². The summed E-state index contributed by atoms with van der Waals surface area (Å²) >= 11 is 12.6. The number of aliphatic hydroxyl groups is 1. The molecule has 5 nitrogen and oxygen atoms in total. The number of likely N-dealkylation sites (tertiary alicyclic amines) is 1. The van der Waals surface area contributed by atoms with Crippen LogP contribution in [0.3, 0.4) is 0 Å². The second-order valence-corrected chi connectivity index (χ2v) is 8.18. The Bertz CT molecular complexity index is 955. The van der Waals surface area contributed by atoms with Crippen molar-refractivity contribution in [2.24, 2.45) is 0 Å². The number of aliphatic hydroxyl groups excluding tert-OH is 1. The third-order valence-corrected chi connectivity index (χ3v) is 6.09. The van der Waals surface area contributed by atoms with Crippen molar-refractivity contribution in [2.75, 3.05) is 20.2 Å². The lowest BCUT2D eigenvalue weighted by atomic mass is 10.1. The normalized spacial score (nSPS) is 23.8. The minimum Gasteiger partial charge on any atom is -0.481 e. The third kappa shape index (κ3) is 3.94. The number of rotatable bonds is 4. The van der Waals surface area contributed by atoms with Gasteiger partial charge in [0.15, 0.2) is 11.6 Å². The minimum absolute atomic E-state index is 0.0244. The summed E-state index contributed by atoms with van der Waals surface area (Å²) in [6.07, 6.45) is 0.389. The second kappa shape index (κ2) is 8.11. The number of esters is 1. The number of β-amino-alcohol motifs (C(OH)–C–C–N with tert-alkyl or cyclic N) is 1. The van der Waals surface area contributed by atoms with E-state index in [-0.39, 0.29) is 17.4 Å². The summed E-state index contributed by atoms with van der Waals surface area (Å²) in [6, 6.07) is 7.34. The lowest BCUT2D eigenvalue weighted by Gasteiger charge is -2.30. The van der Waals surface area contributed by atoms with Crippen LogP contribution >= 0.6 is 23.2 Å². The predicted octanol–water partition coefficient (Wildman–Crippen LogP) is 4.03. The number of nitrogens with zero attached hydrogens (tertiary/aromatic N) is 1. The van der Waals surface area contributed by atoms with Crippen LogP contribution in [0.25, 0.3) is 0 Å². The first-order valence-corrected chi connectivity index (χ1v) is 10.1. The Morgan fingerprint density at radius 1 is 1.28 bits per heavy atom. The van der Waals surface area contributed by atoms with Crippen molar-refractivity contribution in [1.82, 2.24) is 4.90 Å². The van der Waals surface area contributed by atoms with Gasteiger partial charge >= 0.3 is 5.97 Å². The lowest BCUT2D eigenvalue weighted by molar-refractivity contribution is 0.0599. The van der Waals surface area contributed by atoms with Crippen LogP contribution in [-0.2, 0) is 11.2 Å². The first kappa shape index (κ1) is 20.4. The molecule has 0 unspecified atom stereocenters. The molecule has 1 aliphatic heterocycles. The average Bonchev–Trinajstić information content (AvgIpc) is 3.26. The van der Waals surface area contributed by atoms with Gasteiger partial charge in [0.1, 0.15) is 6.10 Å². The van der Waals surface area contributed by atoms with Gasteiger partial charge in [0.05, 0.1) is 24.8 Å². The van der Waals surface area contributed by atoms with Crippen LogP contribution < -0.4 is 4.74 Å². The lowest BCUT2D eigenvalue weighted by Crippen LogP contribution is -2.39. The van der Waals surface area contributed by atoms with E-state index in [2.05, 4.69) is 9.64 Å². The number of fused-ring (bicyclic) bond motifs is 1. The number of ether oxygens (including phenoxy) is 2. The molecule has 2 aliphatic rings. The summed E-state index contributed by atoms with van der Waals surface area (Å²) in [5, 5.41) is 11.0. The van der Waals surface area contributed by atoms with Crippen molar-refractivity contribution in [2.45, 2.75) is 31.1 Å². The number of carbonyl (C=O) groups is 1. The molecule has 154 valence electrons. The summed E-state index contributed by atoms with van der Waals surface area (Å²) in [6.45, 7) is 1.24. The molecule has 1 heterocycles. The van der Waals surface area contributed by atoms with Gasteiger partial charge in [0, 0.05) is 28.7 Å². The maximum atomic E-state index is 14.7. The largest absolute Gasteiger partial charge is 0.481 e. The van der Waals surface area contributed by atoms with E-state index in [4.69, 9.17) is 27.9 Å². The van der Waals surface area contributed by atoms with Crippen LogP contribution in [0.1, 0.15) is 34.0 Å². The smallest absolute Gasteiger partial charge is 0.337 e. The van der Waals surface area contributed by atoms with E-state index in [0.717, 1.165) is 23.7 Å². The van der Waals surface area contributed by atoms with Gasteiger partial charge in [-0.2, -0.15) is 0 Å². The van der Waals surface area contributed by atoms with Crippen LogP contribution in [0.2, 0.25) is 10.0 Å². The maximum absolute atomic E-state index is 14.7. The van der Waals surface area contributed by atoms with E-state index in [1.165, 1.54) is 19.2 Å². The van der Waals surface area contributed by atoms with Crippen molar-refractivity contribution < 1.29 is 23.8 Å². The van der Waals surface area contributed by atoms with Crippen LogP contribution in [0.5, 0.6) is 5.75 Å². The van der Waals surface area contributed by atoms with Gasteiger partial charge < -0.3 is 14.6 Å². The molecule has 0 saturated carbocycles. The first-order valence-electron chi connectivity index (χ1n) is 9.32. The molecule has 2 aromatic carbocycles. The van der Waals surface area contributed by atoms with E-state index in [1.54, 1.807) is 12.1 Å². The fraction of sp³-hybridized carbons (Fsp3) is 0.381. The Morgan fingerprint density at radius 2 is 2.07 bits per heavy atom. The Balaban J connectivity index is 1.68. The van der Waals surface area contributed by atoms with Gasteiger partial charge in [0.2, 0.25) is 0 Å². The van der Waals surface area contributed by atoms with E-state index in [9.17, 15) is 14.3 Å². The van der Waals surface area contributed by atoms with Gasteiger partial charge in [-0.25, -0.2) is 9.18 Å². The number of methoxy groups -OCH3 is 1. The SMILES string of the molecule is COC(=O)c1ccc(O[C@H]2c3cc(Cl)cc(Cl)c3C[C@H]2N2CC[C@@H](O)C2)c(F)c1. The van der Waals surface area contributed by atoms with Crippen LogP contribution in [0, 0.1) is 5.82 Å². The molecule has 1 fully saturated rings. The molecule has 0 spiro atoms. The highest BCUT2D eigenvalue weighted by Gasteiger charge is 2.42. The van der Waals surface area contributed by atoms with E-state index in [0.29, 0.717) is 29.4 Å². The molecule has 3 atom stereocenters. The Kier molecular flexibility index (Phi) is 5.71. The summed E-state index contributed by atoms with van der Waals surface area (Å²) in [5.74, 6) is -1.25. The summed E-state index contributed by atoms with van der Waals surface area (Å²) in [5.41, 5.74) is 1.83. The van der Waals surface area contributed by atoms with Gasteiger partial charge in [0.25, 0.3) is 0 Å². The van der Waals surface area contributed by atoms with E-state index < -0.39 is 24.0 Å². The molecule has 0 aromatic heterocycles. The van der Waals surface area contributed by atoms with E-state index >= 15 is 0 Å². The fourth-order valence-corrected chi connectivity index (χ4v) is 4.71. The summed E-state index contributed by atoms with van der Waals surface area (Å²) in [7, 11) is 1.24. The highest BCUT2D eigenvalue weighted by Crippen LogP contribution is 2.43. The maximum Gasteiger partial charge on any atom is 0.337 e. The quantitative estimate of drug-likeness (QED) is 0.728. The molecule has 29 heavy (non-hydrogen) atoms.